The first-order chi connectivity index (χ1) is 7.72. The SMILES string of the molecule is NC1C=CC(C(=O)CC2CC3CCC2C3)C1. The molecule has 16 heavy (non-hydrogen) atoms. The highest BCUT2D eigenvalue weighted by atomic mass is 16.1. The summed E-state index contributed by atoms with van der Waals surface area (Å²) in [5.41, 5.74) is 5.79. The van der Waals surface area contributed by atoms with Crippen LogP contribution < -0.4 is 5.73 Å². The Hall–Kier alpha value is -0.630. The number of ketones is 1. The van der Waals surface area contributed by atoms with Crippen LogP contribution in [0.2, 0.25) is 0 Å². The quantitative estimate of drug-likeness (QED) is 0.740. The average Bonchev–Trinajstić information content (AvgIpc) is 2.92. The summed E-state index contributed by atoms with van der Waals surface area (Å²) in [5, 5.41) is 0. The lowest BCUT2D eigenvalue weighted by Crippen LogP contribution is -2.22. The van der Waals surface area contributed by atoms with E-state index >= 15 is 0 Å². The van der Waals surface area contributed by atoms with Crippen molar-refractivity contribution < 1.29 is 4.79 Å². The molecule has 2 N–H and O–H groups in total. The van der Waals surface area contributed by atoms with Gasteiger partial charge in [-0.3, -0.25) is 4.79 Å². The molecule has 5 unspecified atom stereocenters. The lowest BCUT2D eigenvalue weighted by molar-refractivity contribution is -0.122. The molecule has 0 aliphatic heterocycles. The molecule has 3 aliphatic rings. The van der Waals surface area contributed by atoms with Crippen LogP contribution in [0.1, 0.15) is 38.5 Å². The molecular weight excluding hydrogens is 198 g/mol. The molecule has 0 amide bonds. The van der Waals surface area contributed by atoms with E-state index in [0.29, 0.717) is 11.7 Å². The summed E-state index contributed by atoms with van der Waals surface area (Å²) < 4.78 is 0. The summed E-state index contributed by atoms with van der Waals surface area (Å²) in [5.74, 6) is 3.10. The van der Waals surface area contributed by atoms with E-state index < -0.39 is 0 Å². The number of rotatable bonds is 3. The zero-order chi connectivity index (χ0) is 11.1. The maximum atomic E-state index is 12.1. The molecule has 0 aromatic carbocycles. The van der Waals surface area contributed by atoms with Crippen LogP contribution in [0.4, 0.5) is 0 Å². The van der Waals surface area contributed by atoms with E-state index in [4.69, 9.17) is 5.73 Å². The van der Waals surface area contributed by atoms with Crippen LogP contribution in [-0.2, 0) is 4.79 Å². The molecule has 0 heterocycles. The Bertz CT molecular complexity index is 323. The predicted molar refractivity (Wildman–Crippen MR) is 63.8 cm³/mol. The predicted octanol–water partition coefficient (Wildman–Crippen LogP) is 2.29. The second-order valence-electron chi connectivity index (χ2n) is 6.00. The standard InChI is InChI=1S/C14H21NO/c15-13-4-3-11(7-13)14(16)8-12-6-9-1-2-10(12)5-9/h3-4,9-13H,1-2,5-8,15H2. The molecule has 0 aromatic rings. The van der Waals surface area contributed by atoms with Crippen LogP contribution in [0.15, 0.2) is 12.2 Å². The Balaban J connectivity index is 1.55. The summed E-state index contributed by atoms with van der Waals surface area (Å²) in [6.07, 6.45) is 11.2. The normalized spacial score (nSPS) is 45.4. The van der Waals surface area contributed by atoms with Crippen molar-refractivity contribution in [2.45, 2.75) is 44.6 Å². The van der Waals surface area contributed by atoms with Gasteiger partial charge in [0.2, 0.25) is 0 Å². The Morgan fingerprint density at radius 3 is 2.62 bits per heavy atom. The molecule has 0 spiro atoms. The first kappa shape index (κ1) is 10.5. The minimum atomic E-state index is 0.119. The number of hydrogen-bond donors (Lipinski definition) is 1. The number of hydrogen-bond acceptors (Lipinski definition) is 2. The van der Waals surface area contributed by atoms with Gasteiger partial charge in [0.05, 0.1) is 0 Å². The minimum Gasteiger partial charge on any atom is -0.324 e. The Morgan fingerprint density at radius 1 is 1.19 bits per heavy atom. The van der Waals surface area contributed by atoms with Gasteiger partial charge in [0.1, 0.15) is 5.78 Å². The van der Waals surface area contributed by atoms with Crippen LogP contribution in [0.5, 0.6) is 0 Å². The van der Waals surface area contributed by atoms with Gasteiger partial charge in [0.25, 0.3) is 0 Å². The summed E-state index contributed by atoms with van der Waals surface area (Å²) in [7, 11) is 0. The molecule has 3 rings (SSSR count). The zero-order valence-corrected chi connectivity index (χ0v) is 9.77. The first-order valence-electron chi connectivity index (χ1n) is 6.69. The summed E-state index contributed by atoms with van der Waals surface area (Å²) >= 11 is 0. The lowest BCUT2D eigenvalue weighted by Gasteiger charge is -2.22. The van der Waals surface area contributed by atoms with Crippen molar-refractivity contribution in [3.8, 4) is 0 Å². The average molecular weight is 219 g/mol. The third kappa shape index (κ3) is 1.84. The zero-order valence-electron chi connectivity index (χ0n) is 9.77. The molecular formula is C14H21NO. The van der Waals surface area contributed by atoms with Crippen LogP contribution in [0.25, 0.3) is 0 Å². The Kier molecular flexibility index (Phi) is 2.62. The maximum Gasteiger partial charge on any atom is 0.140 e. The van der Waals surface area contributed by atoms with E-state index in [1.54, 1.807) is 0 Å². The van der Waals surface area contributed by atoms with E-state index in [0.717, 1.165) is 24.7 Å². The van der Waals surface area contributed by atoms with Crippen molar-refractivity contribution in [2.24, 2.45) is 29.4 Å². The van der Waals surface area contributed by atoms with E-state index in [-0.39, 0.29) is 12.0 Å². The molecule has 2 nitrogen and oxygen atoms in total. The van der Waals surface area contributed by atoms with E-state index in [9.17, 15) is 4.79 Å². The van der Waals surface area contributed by atoms with Crippen molar-refractivity contribution in [1.29, 1.82) is 0 Å². The number of carbonyl (C=O) groups is 1. The van der Waals surface area contributed by atoms with Gasteiger partial charge >= 0.3 is 0 Å². The number of carbonyl (C=O) groups excluding carboxylic acids is 1. The highest BCUT2D eigenvalue weighted by Crippen LogP contribution is 2.49. The summed E-state index contributed by atoms with van der Waals surface area (Å²) in [4.78, 5) is 12.1. The van der Waals surface area contributed by atoms with Crippen molar-refractivity contribution in [3.05, 3.63) is 12.2 Å². The monoisotopic (exact) mass is 219 g/mol. The molecule has 5 atom stereocenters. The van der Waals surface area contributed by atoms with Crippen molar-refractivity contribution in [3.63, 3.8) is 0 Å². The maximum absolute atomic E-state index is 12.1. The third-order valence-corrected chi connectivity index (χ3v) is 4.88. The topological polar surface area (TPSA) is 43.1 Å². The molecule has 2 bridgehead atoms. The molecule has 2 saturated carbocycles. The third-order valence-electron chi connectivity index (χ3n) is 4.88. The van der Waals surface area contributed by atoms with Gasteiger partial charge < -0.3 is 5.73 Å². The van der Waals surface area contributed by atoms with Crippen molar-refractivity contribution in [2.75, 3.05) is 0 Å². The fourth-order valence-corrected chi connectivity index (χ4v) is 4.00. The minimum absolute atomic E-state index is 0.119. The van der Waals surface area contributed by atoms with Gasteiger partial charge in [-0.05, 0) is 43.4 Å². The van der Waals surface area contributed by atoms with Gasteiger partial charge in [-0.1, -0.05) is 18.6 Å². The number of nitrogens with two attached hydrogens (primary N) is 1. The van der Waals surface area contributed by atoms with Crippen LogP contribution >= 0.6 is 0 Å². The lowest BCUT2D eigenvalue weighted by atomic mass is 9.83. The summed E-state index contributed by atoms with van der Waals surface area (Å²) in [6.45, 7) is 0. The van der Waals surface area contributed by atoms with Crippen molar-refractivity contribution >= 4 is 5.78 Å². The molecule has 0 aromatic heterocycles. The molecule has 3 aliphatic carbocycles. The van der Waals surface area contributed by atoms with Gasteiger partial charge in [0.15, 0.2) is 0 Å². The van der Waals surface area contributed by atoms with Gasteiger partial charge in [-0.2, -0.15) is 0 Å². The highest BCUT2D eigenvalue weighted by molar-refractivity contribution is 5.83. The molecule has 0 saturated heterocycles. The fraction of sp³-hybridized carbons (Fsp3) is 0.786. The number of allylic oxidation sites excluding steroid dienone is 1. The Morgan fingerprint density at radius 2 is 2.06 bits per heavy atom. The molecule has 2 fully saturated rings. The van der Waals surface area contributed by atoms with Gasteiger partial charge in [-0.15, -0.1) is 0 Å². The van der Waals surface area contributed by atoms with E-state index in [2.05, 4.69) is 0 Å². The van der Waals surface area contributed by atoms with Gasteiger partial charge in [0, 0.05) is 18.4 Å². The molecule has 88 valence electrons. The van der Waals surface area contributed by atoms with Crippen LogP contribution in [0.3, 0.4) is 0 Å². The van der Waals surface area contributed by atoms with E-state index in [1.165, 1.54) is 25.7 Å². The van der Waals surface area contributed by atoms with E-state index in [1.807, 2.05) is 12.2 Å². The van der Waals surface area contributed by atoms with Crippen molar-refractivity contribution in [1.82, 2.24) is 0 Å². The number of Topliss-reactive ketones (excluding diaryl/α,β-unsaturated/α-hetero) is 1. The molecule has 2 heteroatoms. The Labute approximate surface area is 97.3 Å². The first-order valence-corrected chi connectivity index (χ1v) is 6.69. The fourth-order valence-electron chi connectivity index (χ4n) is 4.00. The van der Waals surface area contributed by atoms with Crippen LogP contribution in [-0.4, -0.2) is 11.8 Å². The highest BCUT2D eigenvalue weighted by Gasteiger charge is 2.40. The largest absolute Gasteiger partial charge is 0.324 e. The van der Waals surface area contributed by atoms with Crippen LogP contribution in [0, 0.1) is 23.7 Å². The molecule has 0 radical (unpaired) electrons. The number of fused-ring (bicyclic) bond motifs is 2. The smallest absolute Gasteiger partial charge is 0.140 e. The van der Waals surface area contributed by atoms with Gasteiger partial charge in [-0.25, -0.2) is 0 Å². The second-order valence-corrected chi connectivity index (χ2v) is 6.00. The summed E-state index contributed by atoms with van der Waals surface area (Å²) in [6, 6.07) is 0.119. The second kappa shape index (κ2) is 3.99.